The summed E-state index contributed by atoms with van der Waals surface area (Å²) in [4.78, 5) is 15.0. The van der Waals surface area contributed by atoms with Gasteiger partial charge in [-0.1, -0.05) is 5.16 Å². The summed E-state index contributed by atoms with van der Waals surface area (Å²) < 4.78 is 4.53. The number of nitrogens with zero attached hydrogens (tertiary/aromatic N) is 3. The second-order valence-electron chi connectivity index (χ2n) is 1.75. The second kappa shape index (κ2) is 3.00. The zero-order valence-electron chi connectivity index (χ0n) is 5.89. The van der Waals surface area contributed by atoms with E-state index in [9.17, 15) is 4.79 Å². The molecule has 0 saturated heterocycles. The minimum absolute atomic E-state index is 0.000000000000000444. The molecule has 0 aliphatic heterocycles. The fourth-order valence-corrected chi connectivity index (χ4v) is 0.639. The van der Waals surface area contributed by atoms with E-state index in [1.54, 1.807) is 6.92 Å². The van der Waals surface area contributed by atoms with E-state index in [1.807, 2.05) is 0 Å². The summed E-state index contributed by atoms with van der Waals surface area (Å²) in [5.41, 5.74) is 0. The molecule has 0 radical (unpaired) electrons. The first-order valence-electron chi connectivity index (χ1n) is 3.02. The molecule has 6 heteroatoms. The summed E-state index contributed by atoms with van der Waals surface area (Å²) in [6.45, 7) is 1.97. The van der Waals surface area contributed by atoms with Crippen LogP contribution in [0.2, 0.25) is 0 Å². The maximum Gasteiger partial charge on any atom is 0.415 e. The van der Waals surface area contributed by atoms with Gasteiger partial charge < -0.3 is 9.63 Å². The molecule has 0 spiro atoms. The topological polar surface area (TPSA) is 79.5 Å². The number of hydrogen-bond donors (Lipinski definition) is 1. The molecule has 0 aliphatic carbocycles. The molecule has 1 aromatic heterocycles. The summed E-state index contributed by atoms with van der Waals surface area (Å²) in [7, 11) is 0. The second-order valence-corrected chi connectivity index (χ2v) is 1.75. The minimum Gasteiger partial charge on any atom is -0.465 e. The largest absolute Gasteiger partial charge is 0.465 e. The predicted octanol–water partition coefficient (Wildman–Crippen LogP) is 0.574. The fraction of sp³-hybridized carbons (Fsp3) is 0.400. The van der Waals surface area contributed by atoms with Crippen LogP contribution in [0.3, 0.4) is 0 Å². The lowest BCUT2D eigenvalue weighted by atomic mass is 10.6. The molecule has 0 bridgehead atoms. The normalized spacial score (nSPS) is 9.55. The molecule has 1 heterocycles. The van der Waals surface area contributed by atoms with Gasteiger partial charge in [0.15, 0.2) is 6.33 Å². The summed E-state index contributed by atoms with van der Waals surface area (Å²) in [6.07, 6.45) is 0.0535. The fourth-order valence-electron chi connectivity index (χ4n) is 0.639. The average molecular weight is 157 g/mol. The van der Waals surface area contributed by atoms with Crippen LogP contribution in [0.1, 0.15) is 6.92 Å². The smallest absolute Gasteiger partial charge is 0.415 e. The zero-order valence-corrected chi connectivity index (χ0v) is 5.89. The highest BCUT2D eigenvalue weighted by molar-refractivity contribution is 5.82. The van der Waals surface area contributed by atoms with Crippen LogP contribution in [0.4, 0.5) is 10.8 Å². The predicted molar refractivity (Wildman–Crippen MR) is 35.3 cm³/mol. The lowest BCUT2D eigenvalue weighted by Gasteiger charge is -2.09. The molecule has 1 rings (SSSR count). The Bertz CT molecular complexity index is 233. The minimum atomic E-state index is -1.10. The van der Waals surface area contributed by atoms with Crippen molar-refractivity contribution in [3.8, 4) is 0 Å². The zero-order chi connectivity index (χ0) is 8.27. The number of amides is 1. The quantitative estimate of drug-likeness (QED) is 0.678. The van der Waals surface area contributed by atoms with Gasteiger partial charge in [-0.2, -0.15) is 4.98 Å². The van der Waals surface area contributed by atoms with Gasteiger partial charge in [0.1, 0.15) is 0 Å². The third kappa shape index (κ3) is 1.46. The van der Waals surface area contributed by atoms with Crippen LogP contribution in [-0.4, -0.2) is 27.9 Å². The van der Waals surface area contributed by atoms with E-state index in [1.165, 1.54) is 0 Å². The Balaban J connectivity index is 2.79. The molecule has 6 nitrogen and oxygen atoms in total. The van der Waals surface area contributed by atoms with Crippen LogP contribution in [-0.2, 0) is 0 Å². The van der Waals surface area contributed by atoms with E-state index in [4.69, 9.17) is 5.11 Å². The summed E-state index contributed by atoms with van der Waals surface area (Å²) in [6, 6.07) is 0.000000000000000444. The Labute approximate surface area is 62.4 Å². The van der Waals surface area contributed by atoms with Gasteiger partial charge in [-0.25, -0.2) is 9.69 Å². The van der Waals surface area contributed by atoms with E-state index < -0.39 is 6.09 Å². The molecule has 1 aromatic rings. The van der Waals surface area contributed by atoms with Gasteiger partial charge in [0, 0.05) is 6.54 Å². The Morgan fingerprint density at radius 2 is 2.64 bits per heavy atom. The van der Waals surface area contributed by atoms with Crippen molar-refractivity contribution in [3.63, 3.8) is 0 Å². The number of carboxylic acid groups (broad SMARTS) is 1. The van der Waals surface area contributed by atoms with Gasteiger partial charge in [-0.05, 0) is 6.92 Å². The van der Waals surface area contributed by atoms with E-state index in [0.29, 0.717) is 0 Å². The van der Waals surface area contributed by atoms with Gasteiger partial charge in [0.05, 0.1) is 0 Å². The SMILES string of the molecule is CCN(C(=O)O)c1ncno1. The summed E-state index contributed by atoms with van der Waals surface area (Å²) in [5, 5.41) is 11.8. The Hall–Kier alpha value is -1.59. The molecule has 1 amide bonds. The Morgan fingerprint density at radius 1 is 1.91 bits per heavy atom. The van der Waals surface area contributed by atoms with Crippen molar-refractivity contribution in [1.29, 1.82) is 0 Å². The van der Waals surface area contributed by atoms with Crippen LogP contribution >= 0.6 is 0 Å². The maximum absolute atomic E-state index is 10.4. The number of carbonyl (C=O) groups is 1. The highest BCUT2D eigenvalue weighted by Crippen LogP contribution is 2.06. The number of rotatable bonds is 2. The van der Waals surface area contributed by atoms with Crippen LogP contribution in [0, 0.1) is 0 Å². The molecule has 0 saturated carbocycles. The summed E-state index contributed by atoms with van der Waals surface area (Å²) >= 11 is 0. The monoisotopic (exact) mass is 157 g/mol. The first-order chi connectivity index (χ1) is 5.25. The van der Waals surface area contributed by atoms with Crippen molar-refractivity contribution < 1.29 is 14.4 Å². The van der Waals surface area contributed by atoms with Gasteiger partial charge in [-0.3, -0.25) is 0 Å². The highest BCUT2D eigenvalue weighted by Gasteiger charge is 2.16. The van der Waals surface area contributed by atoms with E-state index in [-0.39, 0.29) is 12.6 Å². The molecular formula is C5H7N3O3. The molecule has 0 aliphatic rings. The molecule has 0 unspecified atom stereocenters. The van der Waals surface area contributed by atoms with Crippen LogP contribution in [0.15, 0.2) is 10.9 Å². The molecule has 0 fully saturated rings. The molecule has 0 aromatic carbocycles. The van der Waals surface area contributed by atoms with Crippen molar-refractivity contribution in [3.05, 3.63) is 6.33 Å². The van der Waals surface area contributed by atoms with Crippen molar-refractivity contribution in [2.75, 3.05) is 11.4 Å². The first-order valence-corrected chi connectivity index (χ1v) is 3.02. The van der Waals surface area contributed by atoms with E-state index in [2.05, 4.69) is 14.7 Å². The van der Waals surface area contributed by atoms with E-state index >= 15 is 0 Å². The molecule has 11 heavy (non-hydrogen) atoms. The van der Waals surface area contributed by atoms with Gasteiger partial charge in [-0.15, -0.1) is 0 Å². The molecular weight excluding hydrogens is 150 g/mol. The van der Waals surface area contributed by atoms with Crippen molar-refractivity contribution in [2.45, 2.75) is 6.92 Å². The number of aromatic nitrogens is 2. The van der Waals surface area contributed by atoms with Crippen molar-refractivity contribution in [1.82, 2.24) is 10.1 Å². The lowest BCUT2D eigenvalue weighted by molar-refractivity contribution is 0.200. The number of anilines is 1. The van der Waals surface area contributed by atoms with Crippen molar-refractivity contribution in [2.24, 2.45) is 0 Å². The van der Waals surface area contributed by atoms with E-state index in [0.717, 1.165) is 11.2 Å². The van der Waals surface area contributed by atoms with Crippen LogP contribution in [0.5, 0.6) is 0 Å². The van der Waals surface area contributed by atoms with Gasteiger partial charge in [0.2, 0.25) is 0 Å². The molecule has 1 N–H and O–H groups in total. The first kappa shape index (κ1) is 7.52. The molecule has 60 valence electrons. The van der Waals surface area contributed by atoms with Crippen LogP contribution < -0.4 is 4.90 Å². The molecule has 0 atom stereocenters. The lowest BCUT2D eigenvalue weighted by Crippen LogP contribution is -2.28. The highest BCUT2D eigenvalue weighted by atomic mass is 16.5. The van der Waals surface area contributed by atoms with Gasteiger partial charge in [0.25, 0.3) is 0 Å². The maximum atomic E-state index is 10.4. The summed E-state index contributed by atoms with van der Waals surface area (Å²) in [5.74, 6) is 0. The van der Waals surface area contributed by atoms with Crippen molar-refractivity contribution >= 4 is 12.1 Å². The Morgan fingerprint density at radius 3 is 3.00 bits per heavy atom. The third-order valence-corrected chi connectivity index (χ3v) is 1.13. The third-order valence-electron chi connectivity index (χ3n) is 1.13. The standard InChI is InChI=1S/C5H7N3O3/c1-2-8(5(9)10)4-6-3-7-11-4/h3H,2H2,1H3,(H,9,10). The average Bonchev–Trinajstić information content (AvgIpc) is 2.40. The van der Waals surface area contributed by atoms with Gasteiger partial charge >= 0.3 is 12.1 Å². The Kier molecular flexibility index (Phi) is 2.05. The number of hydrogen-bond acceptors (Lipinski definition) is 4. The van der Waals surface area contributed by atoms with Crippen LogP contribution in [0.25, 0.3) is 0 Å².